The summed E-state index contributed by atoms with van der Waals surface area (Å²) in [7, 11) is 0. The van der Waals surface area contributed by atoms with Gasteiger partial charge in [0.15, 0.2) is 0 Å². The highest BCUT2D eigenvalue weighted by Crippen LogP contribution is 2.14. The molecular weight excluding hydrogens is 269 g/mol. The van der Waals surface area contributed by atoms with Crippen molar-refractivity contribution in [3.05, 3.63) is 35.6 Å². The minimum absolute atomic E-state index is 0.188. The standard InChI is InChI=1S/C17H24FNO2/c1-4-10-21-13-16(20)12-19(14(3)5-2)11-15-8-6-7-9-17(15)18/h1,6-9,14,16,20H,5,10-13H2,2-3H3/t14-,16-/m1/s1. The van der Waals surface area contributed by atoms with Crippen molar-refractivity contribution in [2.24, 2.45) is 0 Å². The van der Waals surface area contributed by atoms with Crippen molar-refractivity contribution in [1.29, 1.82) is 0 Å². The van der Waals surface area contributed by atoms with Crippen molar-refractivity contribution in [1.82, 2.24) is 4.90 Å². The largest absolute Gasteiger partial charge is 0.389 e. The van der Waals surface area contributed by atoms with E-state index >= 15 is 0 Å². The second-order valence-electron chi connectivity index (χ2n) is 5.15. The van der Waals surface area contributed by atoms with Gasteiger partial charge in [-0.1, -0.05) is 31.0 Å². The van der Waals surface area contributed by atoms with Gasteiger partial charge in [-0.3, -0.25) is 4.90 Å². The van der Waals surface area contributed by atoms with Crippen molar-refractivity contribution in [2.75, 3.05) is 19.8 Å². The summed E-state index contributed by atoms with van der Waals surface area (Å²) >= 11 is 0. The van der Waals surface area contributed by atoms with E-state index in [2.05, 4.69) is 24.7 Å². The van der Waals surface area contributed by atoms with Crippen LogP contribution in [-0.4, -0.2) is 41.9 Å². The number of nitrogens with zero attached hydrogens (tertiary/aromatic N) is 1. The monoisotopic (exact) mass is 293 g/mol. The van der Waals surface area contributed by atoms with Crippen LogP contribution in [0.4, 0.5) is 4.39 Å². The second kappa shape index (κ2) is 9.51. The number of rotatable bonds is 9. The topological polar surface area (TPSA) is 32.7 Å². The second-order valence-corrected chi connectivity index (χ2v) is 5.15. The van der Waals surface area contributed by atoms with Crippen LogP contribution in [0, 0.1) is 18.2 Å². The van der Waals surface area contributed by atoms with Gasteiger partial charge in [-0.25, -0.2) is 4.39 Å². The van der Waals surface area contributed by atoms with Gasteiger partial charge in [0.05, 0.1) is 12.7 Å². The SMILES string of the molecule is C#CCOC[C@H](O)CN(Cc1ccccc1F)[C@H](C)CC. The van der Waals surface area contributed by atoms with Crippen molar-refractivity contribution in [2.45, 2.75) is 39.0 Å². The Bertz CT molecular complexity index is 458. The number of ether oxygens (including phenoxy) is 1. The predicted molar refractivity (Wildman–Crippen MR) is 82.2 cm³/mol. The van der Waals surface area contributed by atoms with Gasteiger partial charge in [-0.2, -0.15) is 0 Å². The summed E-state index contributed by atoms with van der Waals surface area (Å²) in [6.45, 7) is 5.40. The highest BCUT2D eigenvalue weighted by Gasteiger charge is 2.18. The molecule has 1 aromatic carbocycles. The van der Waals surface area contributed by atoms with E-state index in [0.717, 1.165) is 6.42 Å². The maximum Gasteiger partial charge on any atom is 0.127 e. The molecule has 0 spiro atoms. The lowest BCUT2D eigenvalue weighted by molar-refractivity contribution is 0.0167. The Morgan fingerprint density at radius 1 is 1.43 bits per heavy atom. The van der Waals surface area contributed by atoms with Crippen LogP contribution >= 0.6 is 0 Å². The number of hydrogen-bond acceptors (Lipinski definition) is 3. The van der Waals surface area contributed by atoms with Crippen molar-refractivity contribution < 1.29 is 14.2 Å². The highest BCUT2D eigenvalue weighted by atomic mass is 19.1. The van der Waals surface area contributed by atoms with E-state index < -0.39 is 6.10 Å². The van der Waals surface area contributed by atoms with E-state index in [1.54, 1.807) is 12.1 Å². The molecule has 1 N–H and O–H groups in total. The molecule has 0 radical (unpaired) electrons. The predicted octanol–water partition coefficient (Wildman–Crippen LogP) is 2.44. The van der Waals surface area contributed by atoms with Gasteiger partial charge in [0, 0.05) is 24.7 Å². The van der Waals surface area contributed by atoms with E-state index in [4.69, 9.17) is 11.2 Å². The molecule has 0 aliphatic rings. The lowest BCUT2D eigenvalue weighted by atomic mass is 10.1. The first kappa shape index (κ1) is 17.6. The fourth-order valence-corrected chi connectivity index (χ4v) is 2.08. The van der Waals surface area contributed by atoms with Crippen LogP contribution < -0.4 is 0 Å². The normalized spacial score (nSPS) is 13.9. The Morgan fingerprint density at radius 2 is 2.14 bits per heavy atom. The minimum atomic E-state index is -0.640. The van der Waals surface area contributed by atoms with Crippen molar-refractivity contribution >= 4 is 0 Å². The number of hydrogen-bond donors (Lipinski definition) is 1. The number of halogens is 1. The van der Waals surface area contributed by atoms with Crippen LogP contribution in [0.3, 0.4) is 0 Å². The number of terminal acetylenes is 1. The minimum Gasteiger partial charge on any atom is -0.389 e. The molecule has 1 aromatic rings. The molecule has 2 atom stereocenters. The van der Waals surface area contributed by atoms with Gasteiger partial charge in [0.1, 0.15) is 12.4 Å². The fourth-order valence-electron chi connectivity index (χ4n) is 2.08. The van der Waals surface area contributed by atoms with E-state index in [1.807, 2.05) is 6.07 Å². The van der Waals surface area contributed by atoms with Gasteiger partial charge in [-0.05, 0) is 19.4 Å². The van der Waals surface area contributed by atoms with Crippen LogP contribution in [0.5, 0.6) is 0 Å². The third-order valence-electron chi connectivity index (χ3n) is 3.49. The summed E-state index contributed by atoms with van der Waals surface area (Å²) in [6, 6.07) is 6.96. The Kier molecular flexibility index (Phi) is 7.99. The molecule has 0 aliphatic heterocycles. The average molecular weight is 293 g/mol. The maximum atomic E-state index is 13.8. The third kappa shape index (κ3) is 6.26. The molecule has 0 saturated heterocycles. The van der Waals surface area contributed by atoms with Gasteiger partial charge < -0.3 is 9.84 Å². The lowest BCUT2D eigenvalue weighted by Gasteiger charge is -2.30. The third-order valence-corrected chi connectivity index (χ3v) is 3.49. The number of aliphatic hydroxyl groups excluding tert-OH is 1. The summed E-state index contributed by atoms with van der Waals surface area (Å²) in [4.78, 5) is 2.06. The first-order chi connectivity index (χ1) is 10.1. The van der Waals surface area contributed by atoms with Crippen LogP contribution in [0.15, 0.2) is 24.3 Å². The molecule has 21 heavy (non-hydrogen) atoms. The molecular formula is C17H24FNO2. The molecule has 0 heterocycles. The van der Waals surface area contributed by atoms with E-state index in [9.17, 15) is 9.50 Å². The smallest absolute Gasteiger partial charge is 0.127 e. The quantitative estimate of drug-likeness (QED) is 0.561. The zero-order chi connectivity index (χ0) is 15.7. The molecule has 0 fully saturated rings. The Balaban J connectivity index is 2.64. The molecule has 116 valence electrons. The van der Waals surface area contributed by atoms with Gasteiger partial charge in [0.25, 0.3) is 0 Å². The van der Waals surface area contributed by atoms with Gasteiger partial charge >= 0.3 is 0 Å². The summed E-state index contributed by atoms with van der Waals surface area (Å²) in [6.07, 6.45) is 5.38. The summed E-state index contributed by atoms with van der Waals surface area (Å²) in [5.41, 5.74) is 0.634. The summed E-state index contributed by atoms with van der Waals surface area (Å²) in [5, 5.41) is 10.0. The molecule has 0 aliphatic carbocycles. The number of aliphatic hydroxyl groups is 1. The van der Waals surface area contributed by atoms with Gasteiger partial charge in [-0.15, -0.1) is 6.42 Å². The van der Waals surface area contributed by atoms with Gasteiger partial charge in [0.2, 0.25) is 0 Å². The Hall–Kier alpha value is -1.41. The molecule has 1 rings (SSSR count). The molecule has 0 aromatic heterocycles. The molecule has 0 bridgehead atoms. The maximum absolute atomic E-state index is 13.8. The summed E-state index contributed by atoms with van der Waals surface area (Å²) < 4.78 is 18.9. The number of benzene rings is 1. The van der Waals surface area contributed by atoms with Crippen molar-refractivity contribution in [3.63, 3.8) is 0 Å². The molecule has 0 amide bonds. The van der Waals surface area contributed by atoms with E-state index in [0.29, 0.717) is 18.7 Å². The van der Waals surface area contributed by atoms with Crippen LogP contribution in [0.25, 0.3) is 0 Å². The Labute approximate surface area is 126 Å². The molecule has 0 saturated carbocycles. The first-order valence-corrected chi connectivity index (χ1v) is 7.25. The van der Waals surface area contributed by atoms with Crippen molar-refractivity contribution in [3.8, 4) is 12.3 Å². The summed E-state index contributed by atoms with van der Waals surface area (Å²) in [5.74, 6) is 2.14. The van der Waals surface area contributed by atoms with Crippen LogP contribution in [0.1, 0.15) is 25.8 Å². The van der Waals surface area contributed by atoms with E-state index in [1.165, 1.54) is 6.07 Å². The van der Waals surface area contributed by atoms with Crippen LogP contribution in [0.2, 0.25) is 0 Å². The fraction of sp³-hybridized carbons (Fsp3) is 0.529. The highest BCUT2D eigenvalue weighted by molar-refractivity contribution is 5.17. The molecule has 4 heteroatoms. The molecule has 3 nitrogen and oxygen atoms in total. The van der Waals surface area contributed by atoms with E-state index in [-0.39, 0.29) is 25.1 Å². The Morgan fingerprint density at radius 3 is 2.76 bits per heavy atom. The lowest BCUT2D eigenvalue weighted by Crippen LogP contribution is -2.40. The zero-order valence-corrected chi connectivity index (χ0v) is 12.8. The average Bonchev–Trinajstić information content (AvgIpc) is 2.48. The first-order valence-electron chi connectivity index (χ1n) is 7.25. The zero-order valence-electron chi connectivity index (χ0n) is 12.8. The van der Waals surface area contributed by atoms with Crippen LogP contribution in [-0.2, 0) is 11.3 Å². The molecule has 0 unspecified atom stereocenters.